The molecule has 0 aromatic heterocycles. The molecule has 0 aromatic carbocycles. The summed E-state index contributed by atoms with van der Waals surface area (Å²) in [4.78, 5) is 11.6. The van der Waals surface area contributed by atoms with Crippen molar-refractivity contribution in [2.45, 2.75) is 52.0 Å². The maximum absolute atomic E-state index is 11.6. The van der Waals surface area contributed by atoms with Gasteiger partial charge >= 0.3 is 0 Å². The molecule has 102 valence electrons. The predicted octanol–water partition coefficient (Wildman–Crippen LogP) is 2.40. The zero-order chi connectivity index (χ0) is 13.1. The molecule has 0 bridgehead atoms. The van der Waals surface area contributed by atoms with Crippen LogP contribution in [0, 0.1) is 5.92 Å². The van der Waals surface area contributed by atoms with Crippen LogP contribution in [0.1, 0.15) is 46.0 Å². The van der Waals surface area contributed by atoms with Crippen molar-refractivity contribution in [3.8, 4) is 0 Å². The first kappa shape index (κ1) is 16.8. The Morgan fingerprint density at radius 2 is 1.94 bits per heavy atom. The molecule has 3 N–H and O–H groups in total. The van der Waals surface area contributed by atoms with Crippen LogP contribution in [0.4, 0.5) is 0 Å². The highest BCUT2D eigenvalue weighted by molar-refractivity contribution is 7.98. The van der Waals surface area contributed by atoms with Gasteiger partial charge in [-0.3, -0.25) is 4.79 Å². The van der Waals surface area contributed by atoms with Crippen molar-refractivity contribution in [3.63, 3.8) is 0 Å². The van der Waals surface area contributed by atoms with Gasteiger partial charge in [-0.1, -0.05) is 33.1 Å². The van der Waals surface area contributed by atoms with Gasteiger partial charge in [0.15, 0.2) is 0 Å². The first-order valence-electron chi connectivity index (χ1n) is 6.65. The lowest BCUT2D eigenvalue weighted by Gasteiger charge is -2.17. The van der Waals surface area contributed by atoms with Crippen LogP contribution >= 0.6 is 11.8 Å². The van der Waals surface area contributed by atoms with Crippen LogP contribution in [0.25, 0.3) is 0 Å². The highest BCUT2D eigenvalue weighted by Crippen LogP contribution is 2.06. The molecule has 1 amide bonds. The molecule has 0 aliphatic rings. The van der Waals surface area contributed by atoms with Crippen LogP contribution in [0.2, 0.25) is 0 Å². The third-order valence-electron chi connectivity index (χ3n) is 3.13. The maximum Gasteiger partial charge on any atom is 0.237 e. The Balaban J connectivity index is 3.45. The minimum absolute atomic E-state index is 0.00321. The van der Waals surface area contributed by atoms with E-state index in [-0.39, 0.29) is 17.9 Å². The van der Waals surface area contributed by atoms with Crippen molar-refractivity contribution in [2.24, 2.45) is 11.7 Å². The summed E-state index contributed by atoms with van der Waals surface area (Å²) >= 11 is 1.89. The minimum Gasteiger partial charge on any atom is -0.355 e. The van der Waals surface area contributed by atoms with Crippen molar-refractivity contribution in [1.82, 2.24) is 5.32 Å². The third-order valence-corrected chi connectivity index (χ3v) is 3.83. The van der Waals surface area contributed by atoms with Crippen LogP contribution in [0.3, 0.4) is 0 Å². The lowest BCUT2D eigenvalue weighted by Crippen LogP contribution is -2.44. The molecule has 0 aromatic rings. The predicted molar refractivity (Wildman–Crippen MR) is 77.3 cm³/mol. The Labute approximate surface area is 110 Å². The topological polar surface area (TPSA) is 55.1 Å². The zero-order valence-electron chi connectivity index (χ0n) is 11.5. The van der Waals surface area contributed by atoms with E-state index in [9.17, 15) is 4.79 Å². The van der Waals surface area contributed by atoms with Crippen LogP contribution < -0.4 is 11.1 Å². The van der Waals surface area contributed by atoms with Gasteiger partial charge in [0.25, 0.3) is 0 Å². The molecule has 0 saturated carbocycles. The SMILES string of the molecule is CCC(C)[C@H](N)C(=O)NCCCCCCSC. The molecule has 3 nitrogen and oxygen atoms in total. The fraction of sp³-hybridized carbons (Fsp3) is 0.923. The van der Waals surface area contributed by atoms with Gasteiger partial charge in [0.1, 0.15) is 0 Å². The lowest BCUT2D eigenvalue weighted by molar-refractivity contribution is -0.123. The lowest BCUT2D eigenvalue weighted by atomic mass is 9.99. The molecule has 0 radical (unpaired) electrons. The van der Waals surface area contributed by atoms with Gasteiger partial charge in [0, 0.05) is 6.54 Å². The Hall–Kier alpha value is -0.220. The Morgan fingerprint density at radius 3 is 2.53 bits per heavy atom. The van der Waals surface area contributed by atoms with Gasteiger partial charge in [-0.05, 0) is 30.8 Å². The van der Waals surface area contributed by atoms with Gasteiger partial charge < -0.3 is 11.1 Å². The van der Waals surface area contributed by atoms with Gasteiger partial charge in [-0.15, -0.1) is 0 Å². The number of hydrogen-bond acceptors (Lipinski definition) is 3. The smallest absolute Gasteiger partial charge is 0.237 e. The summed E-state index contributed by atoms with van der Waals surface area (Å²) in [7, 11) is 0. The number of amides is 1. The zero-order valence-corrected chi connectivity index (χ0v) is 12.3. The number of nitrogens with one attached hydrogen (secondary N) is 1. The molecule has 2 atom stereocenters. The van der Waals surface area contributed by atoms with E-state index < -0.39 is 0 Å². The van der Waals surface area contributed by atoms with E-state index in [1.165, 1.54) is 25.0 Å². The standard InChI is InChI=1S/C13H28N2OS/c1-4-11(2)12(14)13(16)15-9-7-5-6-8-10-17-3/h11-12H,4-10,14H2,1-3H3,(H,15,16)/t11?,12-/m0/s1. The number of carbonyl (C=O) groups excluding carboxylic acids is 1. The van der Waals surface area contributed by atoms with E-state index in [1.54, 1.807) is 0 Å². The molecular weight excluding hydrogens is 232 g/mol. The van der Waals surface area contributed by atoms with Crippen molar-refractivity contribution >= 4 is 17.7 Å². The van der Waals surface area contributed by atoms with Gasteiger partial charge in [-0.2, -0.15) is 11.8 Å². The van der Waals surface area contributed by atoms with Crippen LogP contribution in [-0.2, 0) is 4.79 Å². The van der Waals surface area contributed by atoms with Crippen LogP contribution in [-0.4, -0.2) is 30.5 Å². The summed E-state index contributed by atoms with van der Waals surface area (Å²) in [6, 6.07) is -0.350. The fourth-order valence-corrected chi connectivity index (χ4v) is 2.06. The summed E-state index contributed by atoms with van der Waals surface area (Å²) in [6.45, 7) is 4.85. The molecular formula is C13H28N2OS. The normalized spacial score (nSPS) is 14.4. The van der Waals surface area contributed by atoms with Crippen molar-refractivity contribution in [3.05, 3.63) is 0 Å². The molecule has 4 heteroatoms. The second-order valence-corrected chi connectivity index (χ2v) is 5.59. The van der Waals surface area contributed by atoms with Crippen LogP contribution in [0.15, 0.2) is 0 Å². The Bertz CT molecular complexity index is 200. The average Bonchev–Trinajstić information content (AvgIpc) is 2.35. The highest BCUT2D eigenvalue weighted by Gasteiger charge is 2.18. The number of unbranched alkanes of at least 4 members (excludes halogenated alkanes) is 3. The van der Waals surface area contributed by atoms with E-state index >= 15 is 0 Å². The second kappa shape index (κ2) is 10.9. The van der Waals surface area contributed by atoms with Crippen molar-refractivity contribution in [2.75, 3.05) is 18.6 Å². The van der Waals surface area contributed by atoms with Gasteiger partial charge in [0.05, 0.1) is 6.04 Å². The number of rotatable bonds is 10. The molecule has 0 heterocycles. The van der Waals surface area contributed by atoms with Crippen molar-refractivity contribution < 1.29 is 4.79 Å². The number of carbonyl (C=O) groups is 1. The summed E-state index contributed by atoms with van der Waals surface area (Å²) in [5, 5.41) is 2.92. The van der Waals surface area contributed by atoms with E-state index in [1.807, 2.05) is 18.7 Å². The summed E-state index contributed by atoms with van der Waals surface area (Å²) < 4.78 is 0. The third kappa shape index (κ3) is 8.50. The highest BCUT2D eigenvalue weighted by atomic mass is 32.2. The fourth-order valence-electron chi connectivity index (χ4n) is 1.57. The summed E-state index contributed by atoms with van der Waals surface area (Å²) in [5.41, 5.74) is 5.84. The molecule has 0 aliphatic carbocycles. The molecule has 0 spiro atoms. The van der Waals surface area contributed by atoms with E-state index in [0.717, 1.165) is 19.4 Å². The minimum atomic E-state index is -0.350. The largest absolute Gasteiger partial charge is 0.355 e. The Kier molecular flexibility index (Phi) is 10.8. The molecule has 0 fully saturated rings. The van der Waals surface area contributed by atoms with E-state index in [4.69, 9.17) is 5.73 Å². The van der Waals surface area contributed by atoms with E-state index in [2.05, 4.69) is 18.5 Å². The first-order chi connectivity index (χ1) is 8.13. The Morgan fingerprint density at radius 1 is 1.29 bits per heavy atom. The van der Waals surface area contributed by atoms with Gasteiger partial charge in [0.2, 0.25) is 5.91 Å². The number of thioether (sulfide) groups is 1. The van der Waals surface area contributed by atoms with Crippen molar-refractivity contribution in [1.29, 1.82) is 0 Å². The molecule has 0 aliphatic heterocycles. The second-order valence-electron chi connectivity index (χ2n) is 4.61. The monoisotopic (exact) mass is 260 g/mol. The summed E-state index contributed by atoms with van der Waals surface area (Å²) in [5.74, 6) is 1.51. The molecule has 0 saturated heterocycles. The molecule has 1 unspecified atom stereocenters. The summed E-state index contributed by atoms with van der Waals surface area (Å²) in [6.07, 6.45) is 7.88. The average molecular weight is 260 g/mol. The first-order valence-corrected chi connectivity index (χ1v) is 8.05. The quantitative estimate of drug-likeness (QED) is 0.593. The maximum atomic E-state index is 11.6. The molecule has 0 rings (SSSR count). The van der Waals surface area contributed by atoms with E-state index in [0.29, 0.717) is 0 Å². The van der Waals surface area contributed by atoms with Crippen LogP contribution in [0.5, 0.6) is 0 Å². The van der Waals surface area contributed by atoms with Gasteiger partial charge in [-0.25, -0.2) is 0 Å². The number of nitrogens with two attached hydrogens (primary N) is 1. The number of hydrogen-bond donors (Lipinski definition) is 2. The molecule has 17 heavy (non-hydrogen) atoms.